The van der Waals surface area contributed by atoms with Crippen molar-refractivity contribution in [2.24, 2.45) is 5.73 Å². The van der Waals surface area contributed by atoms with Crippen molar-refractivity contribution in [1.29, 1.82) is 0 Å². The van der Waals surface area contributed by atoms with Gasteiger partial charge in [-0.15, -0.1) is 0 Å². The van der Waals surface area contributed by atoms with E-state index in [9.17, 15) is 27.6 Å². The normalized spacial score (nSPS) is 16.8. The first-order valence-corrected chi connectivity index (χ1v) is 11.6. The van der Waals surface area contributed by atoms with Gasteiger partial charge in [0, 0.05) is 43.9 Å². The van der Waals surface area contributed by atoms with Gasteiger partial charge in [0.25, 0.3) is 0 Å². The fourth-order valence-electron chi connectivity index (χ4n) is 4.53. The molecule has 10 heteroatoms. The van der Waals surface area contributed by atoms with Crippen molar-refractivity contribution in [3.05, 3.63) is 65.0 Å². The molecule has 2 aliphatic rings. The highest BCUT2D eigenvalue weighted by atomic mass is 19.2. The number of hydrogen-bond donors (Lipinski definition) is 1. The number of benzene rings is 2. The zero-order valence-corrected chi connectivity index (χ0v) is 19.2. The van der Waals surface area contributed by atoms with E-state index in [4.69, 9.17) is 5.73 Å². The summed E-state index contributed by atoms with van der Waals surface area (Å²) < 4.78 is 40.6. The first kappa shape index (κ1) is 24.7. The van der Waals surface area contributed by atoms with Gasteiger partial charge >= 0.3 is 0 Å². The van der Waals surface area contributed by atoms with Crippen LogP contribution in [-0.4, -0.2) is 59.7 Å². The molecule has 0 spiro atoms. The van der Waals surface area contributed by atoms with Crippen molar-refractivity contribution in [3.8, 4) is 0 Å². The number of amides is 3. The fourth-order valence-corrected chi connectivity index (χ4v) is 4.53. The Morgan fingerprint density at radius 1 is 0.914 bits per heavy atom. The zero-order valence-electron chi connectivity index (χ0n) is 19.2. The predicted molar refractivity (Wildman–Crippen MR) is 123 cm³/mol. The highest BCUT2D eigenvalue weighted by Gasteiger charge is 2.32. The van der Waals surface area contributed by atoms with E-state index < -0.39 is 35.3 Å². The maximum atomic E-state index is 14.0. The van der Waals surface area contributed by atoms with E-state index in [-0.39, 0.29) is 43.9 Å². The molecule has 1 fully saturated rings. The van der Waals surface area contributed by atoms with Crippen LogP contribution in [0.3, 0.4) is 0 Å². The molecule has 0 aliphatic carbocycles. The maximum Gasteiger partial charge on any atom is 0.247 e. The van der Waals surface area contributed by atoms with E-state index in [1.807, 2.05) is 0 Å². The average molecular weight is 489 g/mol. The minimum atomic E-state index is -1.30. The van der Waals surface area contributed by atoms with Gasteiger partial charge in [-0.3, -0.25) is 14.4 Å². The molecule has 7 nitrogen and oxygen atoms in total. The van der Waals surface area contributed by atoms with Crippen molar-refractivity contribution in [3.63, 3.8) is 0 Å². The molecule has 0 radical (unpaired) electrons. The van der Waals surface area contributed by atoms with Crippen LogP contribution in [0.1, 0.15) is 30.4 Å². The van der Waals surface area contributed by atoms with Gasteiger partial charge in [0.2, 0.25) is 17.7 Å². The highest BCUT2D eigenvalue weighted by molar-refractivity contribution is 6.02. The van der Waals surface area contributed by atoms with Gasteiger partial charge in [-0.1, -0.05) is 18.2 Å². The molecule has 2 N–H and O–H groups in total. The third-order valence-electron chi connectivity index (χ3n) is 6.38. The van der Waals surface area contributed by atoms with Crippen LogP contribution in [0, 0.1) is 17.5 Å². The molecule has 1 atom stereocenters. The van der Waals surface area contributed by atoms with Gasteiger partial charge in [-0.2, -0.15) is 0 Å². The molecule has 2 aromatic carbocycles. The van der Waals surface area contributed by atoms with Crippen molar-refractivity contribution < 1.29 is 27.6 Å². The Balaban J connectivity index is 1.46. The van der Waals surface area contributed by atoms with Crippen molar-refractivity contribution in [2.45, 2.75) is 38.3 Å². The molecule has 2 aliphatic heterocycles. The van der Waals surface area contributed by atoms with Crippen molar-refractivity contribution >= 4 is 23.4 Å². The smallest absolute Gasteiger partial charge is 0.247 e. The lowest BCUT2D eigenvalue weighted by atomic mass is 10.0. The molecule has 0 aromatic heterocycles. The summed E-state index contributed by atoms with van der Waals surface area (Å²) >= 11 is 0. The molecular formula is C25H27F3N4O3. The van der Waals surface area contributed by atoms with E-state index in [1.165, 1.54) is 9.80 Å². The average Bonchev–Trinajstić information content (AvgIpc) is 3.31. The Labute approximate surface area is 201 Å². The Kier molecular flexibility index (Phi) is 7.39. The van der Waals surface area contributed by atoms with Gasteiger partial charge < -0.3 is 20.4 Å². The molecule has 186 valence electrons. The van der Waals surface area contributed by atoms with Crippen LogP contribution in [0.2, 0.25) is 0 Å². The first-order chi connectivity index (χ1) is 16.7. The summed E-state index contributed by atoms with van der Waals surface area (Å²) in [7, 11) is 0. The van der Waals surface area contributed by atoms with Crippen LogP contribution in [0.25, 0.3) is 0 Å². The second-order valence-corrected chi connectivity index (χ2v) is 8.97. The number of carbonyl (C=O) groups excluding carboxylic acids is 3. The molecule has 4 rings (SSSR count). The van der Waals surface area contributed by atoms with Gasteiger partial charge in [0.15, 0.2) is 11.6 Å². The minimum absolute atomic E-state index is 0.104. The van der Waals surface area contributed by atoms with Gasteiger partial charge in [0.05, 0.1) is 0 Å². The zero-order chi connectivity index (χ0) is 25.1. The molecular weight excluding hydrogens is 461 g/mol. The maximum absolute atomic E-state index is 14.0. The monoisotopic (exact) mass is 488 g/mol. The molecule has 2 heterocycles. The Hall–Kier alpha value is -3.40. The lowest BCUT2D eigenvalue weighted by molar-refractivity contribution is -0.136. The van der Waals surface area contributed by atoms with Crippen LogP contribution in [0.4, 0.5) is 18.9 Å². The number of rotatable bonds is 6. The number of para-hydroxylation sites is 1. The largest absolute Gasteiger partial charge is 0.341 e. The third-order valence-corrected chi connectivity index (χ3v) is 6.38. The third kappa shape index (κ3) is 5.64. The van der Waals surface area contributed by atoms with Crippen LogP contribution in [0.5, 0.6) is 0 Å². The molecule has 0 unspecified atom stereocenters. The molecule has 2 aromatic rings. The van der Waals surface area contributed by atoms with Crippen molar-refractivity contribution in [1.82, 2.24) is 9.80 Å². The lowest BCUT2D eigenvalue weighted by Crippen LogP contribution is -2.45. The quantitative estimate of drug-likeness (QED) is 0.633. The Morgan fingerprint density at radius 2 is 1.60 bits per heavy atom. The molecule has 1 saturated heterocycles. The number of nitrogens with two attached hydrogens (primary N) is 1. The molecule has 0 bridgehead atoms. The van der Waals surface area contributed by atoms with Crippen LogP contribution in [-0.2, 0) is 27.3 Å². The van der Waals surface area contributed by atoms with E-state index in [2.05, 4.69) is 0 Å². The second kappa shape index (κ2) is 10.5. The second-order valence-electron chi connectivity index (χ2n) is 8.97. The summed E-state index contributed by atoms with van der Waals surface area (Å²) in [4.78, 5) is 43.4. The summed E-state index contributed by atoms with van der Waals surface area (Å²) in [5.41, 5.74) is 7.18. The van der Waals surface area contributed by atoms with E-state index in [0.29, 0.717) is 30.4 Å². The number of halogens is 3. The van der Waals surface area contributed by atoms with Gasteiger partial charge in [-0.05, 0) is 42.5 Å². The summed E-state index contributed by atoms with van der Waals surface area (Å²) in [6.45, 7) is 1.13. The summed E-state index contributed by atoms with van der Waals surface area (Å²) in [5, 5.41) is 0. The summed E-state index contributed by atoms with van der Waals surface area (Å²) in [5.74, 6) is -4.40. The number of likely N-dealkylation sites (tertiary alicyclic amines) is 1. The van der Waals surface area contributed by atoms with E-state index in [1.54, 1.807) is 29.2 Å². The predicted octanol–water partition coefficient (Wildman–Crippen LogP) is 2.36. The van der Waals surface area contributed by atoms with Crippen molar-refractivity contribution in [2.75, 3.05) is 31.1 Å². The number of anilines is 1. The van der Waals surface area contributed by atoms with Gasteiger partial charge in [-0.25, -0.2) is 13.2 Å². The molecule has 35 heavy (non-hydrogen) atoms. The molecule has 3 amide bonds. The molecule has 0 saturated carbocycles. The van der Waals surface area contributed by atoms with Crippen LogP contribution < -0.4 is 10.6 Å². The topological polar surface area (TPSA) is 87.0 Å². The summed E-state index contributed by atoms with van der Waals surface area (Å²) in [6, 6.07) is 7.40. The number of nitrogens with zero attached hydrogens (tertiary/aromatic N) is 3. The van der Waals surface area contributed by atoms with Gasteiger partial charge in [0.1, 0.15) is 18.9 Å². The number of carbonyl (C=O) groups is 3. The first-order valence-electron chi connectivity index (χ1n) is 11.6. The van der Waals surface area contributed by atoms with E-state index >= 15 is 0 Å². The van der Waals surface area contributed by atoms with E-state index in [0.717, 1.165) is 18.9 Å². The van der Waals surface area contributed by atoms with Crippen LogP contribution in [0.15, 0.2) is 36.4 Å². The Morgan fingerprint density at radius 3 is 2.34 bits per heavy atom. The fraction of sp³-hybridized carbons (Fsp3) is 0.400. The SMILES string of the molecule is N[C@@H](CC(=O)N1CC(=O)N(CC(=O)N2CCCC2)c2ccccc2C1)Cc1cc(F)c(F)cc1F. The number of hydrogen-bond acceptors (Lipinski definition) is 4. The summed E-state index contributed by atoms with van der Waals surface area (Å²) in [6.07, 6.45) is 1.48. The number of fused-ring (bicyclic) bond motifs is 1. The Bertz CT molecular complexity index is 1140. The highest BCUT2D eigenvalue weighted by Crippen LogP contribution is 2.26. The lowest BCUT2D eigenvalue weighted by Gasteiger charge is -2.25. The van der Waals surface area contributed by atoms with Crippen LogP contribution >= 0.6 is 0 Å². The minimum Gasteiger partial charge on any atom is -0.341 e. The standard InChI is InChI=1S/C25H27F3N4O3/c26-19-12-21(28)20(27)10-17(19)9-18(29)11-23(33)31-13-16-5-1-2-6-22(16)32(25(35)14-31)15-24(34)30-7-3-4-8-30/h1-2,5-6,10,12,18H,3-4,7-9,11,13-15,29H2/t18-/m1/s1.